The largest absolute Gasteiger partial charge is 0.445 e. The SMILES string of the molecule is O=C(CC1CCN(C(=O)OCc2ccccc2)CC1)NCC1CCCN1C(=O)C(COCc1ccccc1)NS(=O)(=O)c1ccc2ccccc2c1. The molecule has 2 heterocycles. The minimum Gasteiger partial charge on any atom is -0.445 e. The summed E-state index contributed by atoms with van der Waals surface area (Å²) in [5, 5.41) is 4.70. The number of piperidine rings is 1. The summed E-state index contributed by atoms with van der Waals surface area (Å²) < 4.78 is 41.3. The van der Waals surface area contributed by atoms with Crippen LogP contribution in [-0.4, -0.2) is 81.0 Å². The molecule has 0 saturated carbocycles. The lowest BCUT2D eigenvalue weighted by molar-refractivity contribution is -0.136. The number of hydrogen-bond donors (Lipinski definition) is 2. The van der Waals surface area contributed by atoms with Gasteiger partial charge in [0.2, 0.25) is 21.8 Å². The van der Waals surface area contributed by atoms with Crippen molar-refractivity contribution in [2.75, 3.05) is 32.8 Å². The van der Waals surface area contributed by atoms with E-state index in [0.717, 1.165) is 28.3 Å². The summed E-state index contributed by atoms with van der Waals surface area (Å²) in [4.78, 5) is 43.1. The number of nitrogens with one attached hydrogen (secondary N) is 2. The van der Waals surface area contributed by atoms with Crippen molar-refractivity contribution in [1.29, 1.82) is 0 Å². The first-order valence-electron chi connectivity index (χ1n) is 17.9. The summed E-state index contributed by atoms with van der Waals surface area (Å²) in [6.45, 7) is 2.05. The molecule has 4 aromatic carbocycles. The summed E-state index contributed by atoms with van der Waals surface area (Å²) in [5.74, 6) is -0.361. The molecule has 2 atom stereocenters. The average Bonchev–Trinajstić information content (AvgIpc) is 3.65. The molecule has 2 fully saturated rings. The third-order valence-electron chi connectivity index (χ3n) is 9.77. The van der Waals surface area contributed by atoms with E-state index in [0.29, 0.717) is 45.3 Å². The van der Waals surface area contributed by atoms with Gasteiger partial charge in [-0.05, 0) is 65.6 Å². The van der Waals surface area contributed by atoms with E-state index in [2.05, 4.69) is 10.0 Å². The van der Waals surface area contributed by atoms with Crippen LogP contribution in [0.25, 0.3) is 10.8 Å². The van der Waals surface area contributed by atoms with Crippen molar-refractivity contribution in [2.24, 2.45) is 5.92 Å². The molecule has 2 N–H and O–H groups in total. The van der Waals surface area contributed by atoms with Crippen LogP contribution in [0.2, 0.25) is 0 Å². The van der Waals surface area contributed by atoms with Gasteiger partial charge in [0.1, 0.15) is 12.6 Å². The molecule has 274 valence electrons. The lowest BCUT2D eigenvalue weighted by Gasteiger charge is -2.31. The Labute approximate surface area is 305 Å². The molecule has 12 heteroatoms. The van der Waals surface area contributed by atoms with Gasteiger partial charge in [-0.2, -0.15) is 4.72 Å². The number of fused-ring (bicyclic) bond motifs is 1. The molecule has 2 saturated heterocycles. The van der Waals surface area contributed by atoms with Crippen LogP contribution in [0.1, 0.15) is 43.2 Å². The Balaban J connectivity index is 1.02. The zero-order chi connectivity index (χ0) is 36.3. The minimum absolute atomic E-state index is 0.0622. The van der Waals surface area contributed by atoms with Gasteiger partial charge in [0.25, 0.3) is 0 Å². The van der Waals surface area contributed by atoms with Crippen LogP contribution in [0.5, 0.6) is 0 Å². The number of nitrogens with zero attached hydrogens (tertiary/aromatic N) is 2. The summed E-state index contributed by atoms with van der Waals surface area (Å²) in [7, 11) is -4.09. The molecule has 6 rings (SSSR count). The van der Waals surface area contributed by atoms with E-state index in [1.54, 1.807) is 21.9 Å². The molecule has 52 heavy (non-hydrogen) atoms. The minimum atomic E-state index is -4.09. The van der Waals surface area contributed by atoms with E-state index >= 15 is 0 Å². The Kier molecular flexibility index (Phi) is 12.5. The van der Waals surface area contributed by atoms with E-state index < -0.39 is 16.1 Å². The maximum absolute atomic E-state index is 14.1. The Morgan fingerprint density at radius 2 is 1.42 bits per heavy atom. The van der Waals surface area contributed by atoms with Gasteiger partial charge in [-0.3, -0.25) is 9.59 Å². The van der Waals surface area contributed by atoms with E-state index in [-0.39, 0.29) is 61.1 Å². The van der Waals surface area contributed by atoms with Gasteiger partial charge in [-0.1, -0.05) is 91.0 Å². The molecule has 0 bridgehead atoms. The topological polar surface area (TPSA) is 134 Å². The van der Waals surface area contributed by atoms with Crippen molar-refractivity contribution in [2.45, 2.75) is 62.3 Å². The molecule has 3 amide bonds. The smallest absolute Gasteiger partial charge is 0.410 e. The van der Waals surface area contributed by atoms with Gasteiger partial charge in [-0.15, -0.1) is 0 Å². The van der Waals surface area contributed by atoms with Gasteiger partial charge in [-0.25, -0.2) is 13.2 Å². The van der Waals surface area contributed by atoms with Crippen LogP contribution in [0, 0.1) is 5.92 Å². The zero-order valence-corrected chi connectivity index (χ0v) is 30.0. The number of ether oxygens (including phenoxy) is 2. The average molecular weight is 727 g/mol. The van der Waals surface area contributed by atoms with Crippen molar-refractivity contribution in [3.8, 4) is 0 Å². The van der Waals surface area contributed by atoms with Crippen LogP contribution < -0.4 is 10.0 Å². The third kappa shape index (κ3) is 9.96. The maximum Gasteiger partial charge on any atom is 0.410 e. The molecule has 2 aliphatic rings. The second-order valence-corrected chi connectivity index (χ2v) is 15.2. The van der Waals surface area contributed by atoms with Gasteiger partial charge < -0.3 is 24.6 Å². The fourth-order valence-electron chi connectivity index (χ4n) is 6.85. The lowest BCUT2D eigenvalue weighted by Crippen LogP contribution is -2.53. The van der Waals surface area contributed by atoms with Crippen molar-refractivity contribution >= 4 is 38.7 Å². The number of sulfonamides is 1. The lowest BCUT2D eigenvalue weighted by atomic mass is 9.93. The fourth-order valence-corrected chi connectivity index (χ4v) is 8.06. The number of carbonyl (C=O) groups excluding carboxylic acids is 3. The maximum atomic E-state index is 14.1. The van der Waals surface area contributed by atoms with Gasteiger partial charge in [0, 0.05) is 38.6 Å². The third-order valence-corrected chi connectivity index (χ3v) is 11.2. The van der Waals surface area contributed by atoms with Crippen LogP contribution in [0.3, 0.4) is 0 Å². The van der Waals surface area contributed by atoms with Crippen LogP contribution in [0.4, 0.5) is 4.79 Å². The molecular formula is C40H46N4O7S. The van der Waals surface area contributed by atoms with E-state index in [9.17, 15) is 22.8 Å². The predicted octanol–water partition coefficient (Wildman–Crippen LogP) is 5.25. The summed E-state index contributed by atoms with van der Waals surface area (Å²) in [6.07, 6.45) is 2.80. The quantitative estimate of drug-likeness (QED) is 0.181. The zero-order valence-electron chi connectivity index (χ0n) is 29.2. The Morgan fingerprint density at radius 3 is 2.13 bits per heavy atom. The normalized spacial score (nSPS) is 17.2. The Hall–Kier alpha value is -4.78. The highest BCUT2D eigenvalue weighted by Crippen LogP contribution is 2.24. The second-order valence-electron chi connectivity index (χ2n) is 13.5. The summed E-state index contributed by atoms with van der Waals surface area (Å²) >= 11 is 0. The Morgan fingerprint density at radius 1 is 0.769 bits per heavy atom. The number of benzene rings is 4. The summed E-state index contributed by atoms with van der Waals surface area (Å²) in [5.41, 5.74) is 1.83. The number of rotatable bonds is 14. The van der Waals surface area contributed by atoms with Gasteiger partial charge in [0.15, 0.2) is 0 Å². The van der Waals surface area contributed by atoms with Crippen LogP contribution in [0.15, 0.2) is 108 Å². The molecule has 11 nitrogen and oxygen atoms in total. The molecule has 2 unspecified atom stereocenters. The van der Waals surface area contributed by atoms with E-state index in [4.69, 9.17) is 9.47 Å². The molecule has 0 aromatic heterocycles. The number of amides is 3. The van der Waals surface area contributed by atoms with E-state index in [1.165, 1.54) is 6.07 Å². The van der Waals surface area contributed by atoms with Gasteiger partial charge >= 0.3 is 6.09 Å². The van der Waals surface area contributed by atoms with Crippen molar-refractivity contribution in [3.05, 3.63) is 114 Å². The first-order chi connectivity index (χ1) is 25.2. The second kappa shape index (κ2) is 17.6. The monoisotopic (exact) mass is 726 g/mol. The summed E-state index contributed by atoms with van der Waals surface area (Å²) in [6, 6.07) is 29.9. The molecule has 0 spiro atoms. The predicted molar refractivity (Wildman–Crippen MR) is 197 cm³/mol. The van der Waals surface area contributed by atoms with E-state index in [1.807, 2.05) is 84.9 Å². The van der Waals surface area contributed by atoms with Crippen molar-refractivity contribution < 1.29 is 32.3 Å². The number of likely N-dealkylation sites (tertiary alicyclic amines) is 2. The van der Waals surface area contributed by atoms with Crippen LogP contribution in [-0.2, 0) is 42.3 Å². The highest BCUT2D eigenvalue weighted by atomic mass is 32.2. The highest BCUT2D eigenvalue weighted by Gasteiger charge is 2.36. The number of carbonyl (C=O) groups is 3. The van der Waals surface area contributed by atoms with Crippen LogP contribution >= 0.6 is 0 Å². The highest BCUT2D eigenvalue weighted by molar-refractivity contribution is 7.89. The van der Waals surface area contributed by atoms with Gasteiger partial charge in [0.05, 0.1) is 18.1 Å². The van der Waals surface area contributed by atoms with Crippen molar-refractivity contribution in [3.63, 3.8) is 0 Å². The standard InChI is InChI=1S/C40H46N4O7S/c45-38(24-30-19-22-43(23-20-30)40(47)51-28-32-12-5-2-6-13-32)41-26-35-16-9-21-44(35)39(46)37(29-50-27-31-10-3-1-4-11-31)42-52(48,49)36-18-17-33-14-7-8-15-34(33)25-36/h1-8,10-15,17-18,25,30,35,37,42H,9,16,19-24,26-29H2,(H,41,45). The van der Waals surface area contributed by atoms with Crippen molar-refractivity contribution in [1.82, 2.24) is 19.8 Å². The first kappa shape index (κ1) is 37.0. The molecule has 2 aliphatic heterocycles. The molecule has 4 aromatic rings. The fraction of sp³-hybridized carbons (Fsp3) is 0.375. The number of hydrogen-bond acceptors (Lipinski definition) is 7. The Bertz CT molecular complexity index is 1920. The first-order valence-corrected chi connectivity index (χ1v) is 19.4. The molecule has 0 radical (unpaired) electrons. The molecule has 0 aliphatic carbocycles. The molecular weight excluding hydrogens is 681 g/mol.